The second kappa shape index (κ2) is 9.37. The minimum absolute atomic E-state index is 0.409. The minimum atomic E-state index is 0.409. The van der Waals surface area contributed by atoms with Gasteiger partial charge in [-0.1, -0.05) is 37.3 Å². The van der Waals surface area contributed by atoms with Crippen LogP contribution in [0.5, 0.6) is 0 Å². The first kappa shape index (κ1) is 21.2. The molecule has 1 aliphatic rings. The number of rotatable bonds is 5. The first-order valence-electron chi connectivity index (χ1n) is 11.1. The van der Waals surface area contributed by atoms with Crippen LogP contribution in [0.4, 0.5) is 0 Å². The van der Waals surface area contributed by atoms with Crippen molar-refractivity contribution in [2.75, 3.05) is 20.1 Å². The van der Waals surface area contributed by atoms with Crippen molar-refractivity contribution in [3.8, 4) is 0 Å². The number of aromatic nitrogens is 4. The Bertz CT molecular complexity index is 1000. The van der Waals surface area contributed by atoms with Crippen LogP contribution in [0.3, 0.4) is 0 Å². The zero-order valence-corrected chi connectivity index (χ0v) is 19.0. The van der Waals surface area contributed by atoms with Gasteiger partial charge in [-0.3, -0.25) is 9.67 Å². The van der Waals surface area contributed by atoms with Crippen LogP contribution in [0.2, 0.25) is 0 Å². The van der Waals surface area contributed by atoms with Gasteiger partial charge in [-0.05, 0) is 31.7 Å². The molecule has 3 heterocycles. The second-order valence-corrected chi connectivity index (χ2v) is 8.48. The summed E-state index contributed by atoms with van der Waals surface area (Å²) in [6.07, 6.45) is 6.98. The van der Waals surface area contributed by atoms with Gasteiger partial charge in [0.2, 0.25) is 0 Å². The number of nitrogens with one attached hydrogen (secondary N) is 1. The highest BCUT2D eigenvalue weighted by Gasteiger charge is 2.29. The van der Waals surface area contributed by atoms with Crippen molar-refractivity contribution in [1.29, 1.82) is 0 Å². The molecule has 1 aliphatic heterocycles. The van der Waals surface area contributed by atoms with Crippen LogP contribution >= 0.6 is 0 Å². The Kier molecular flexibility index (Phi) is 6.39. The molecule has 1 aromatic carbocycles. The van der Waals surface area contributed by atoms with Gasteiger partial charge in [0.05, 0.1) is 24.6 Å². The Balaban J connectivity index is 1.43. The van der Waals surface area contributed by atoms with E-state index in [1.54, 1.807) is 0 Å². The number of hydrogen-bond donors (Lipinski definition) is 1. The van der Waals surface area contributed by atoms with Gasteiger partial charge in [0.15, 0.2) is 5.96 Å². The lowest BCUT2D eigenvalue weighted by Gasteiger charge is -2.39. The predicted octanol–water partition coefficient (Wildman–Crippen LogP) is 3.40. The molecule has 1 N–H and O–H groups in total. The number of imidazole rings is 1. The fourth-order valence-corrected chi connectivity index (χ4v) is 4.49. The van der Waals surface area contributed by atoms with Crippen molar-refractivity contribution in [1.82, 2.24) is 29.5 Å². The highest BCUT2D eigenvalue weighted by Crippen LogP contribution is 2.27. The number of hydrogen-bond acceptors (Lipinski definition) is 3. The summed E-state index contributed by atoms with van der Waals surface area (Å²) in [6.45, 7) is 10.0. The quantitative estimate of drug-likeness (QED) is 0.509. The zero-order chi connectivity index (χ0) is 21.8. The van der Waals surface area contributed by atoms with E-state index in [1.807, 2.05) is 25.6 Å². The van der Waals surface area contributed by atoms with E-state index in [2.05, 4.69) is 80.7 Å². The maximum Gasteiger partial charge on any atom is 0.193 e. The molecular formula is C24H33N7. The molecule has 4 rings (SSSR count). The molecule has 31 heavy (non-hydrogen) atoms. The van der Waals surface area contributed by atoms with E-state index < -0.39 is 0 Å². The normalized spacial score (nSPS) is 19.6. The molecule has 164 valence electrons. The van der Waals surface area contributed by atoms with Gasteiger partial charge in [-0.15, -0.1) is 0 Å². The van der Waals surface area contributed by atoms with Crippen LogP contribution in [-0.2, 0) is 13.1 Å². The predicted molar refractivity (Wildman–Crippen MR) is 124 cm³/mol. The fourth-order valence-electron chi connectivity index (χ4n) is 4.49. The summed E-state index contributed by atoms with van der Waals surface area (Å²) < 4.78 is 4.33. The van der Waals surface area contributed by atoms with Crippen molar-refractivity contribution in [2.24, 2.45) is 10.9 Å². The number of piperidine rings is 1. The molecule has 2 aromatic heterocycles. The molecule has 7 heteroatoms. The van der Waals surface area contributed by atoms with Gasteiger partial charge in [-0.25, -0.2) is 4.98 Å². The average Bonchev–Trinajstić information content (AvgIpc) is 3.40. The van der Waals surface area contributed by atoms with Crippen LogP contribution in [0, 0.1) is 19.8 Å². The Hall–Kier alpha value is -3.09. The molecule has 0 amide bonds. The van der Waals surface area contributed by atoms with E-state index in [-0.39, 0.29) is 0 Å². The van der Waals surface area contributed by atoms with E-state index in [0.717, 1.165) is 44.3 Å². The Morgan fingerprint density at radius 2 is 2.03 bits per heavy atom. The summed E-state index contributed by atoms with van der Waals surface area (Å²) in [5.74, 6) is 1.57. The van der Waals surface area contributed by atoms with Crippen LogP contribution in [0.15, 0.2) is 54.0 Å². The number of aliphatic imine (C=N–C) groups is 1. The number of nitrogens with zero attached hydrogens (tertiary/aromatic N) is 6. The van der Waals surface area contributed by atoms with Crippen LogP contribution < -0.4 is 5.32 Å². The molecule has 2 unspecified atom stereocenters. The molecule has 2 atom stereocenters. The third-order valence-electron chi connectivity index (χ3n) is 6.47. The molecule has 3 aromatic rings. The lowest BCUT2D eigenvalue weighted by atomic mass is 9.93. The van der Waals surface area contributed by atoms with Gasteiger partial charge in [-0.2, -0.15) is 5.10 Å². The maximum absolute atomic E-state index is 4.79. The Labute approximate surface area is 184 Å². The monoisotopic (exact) mass is 419 g/mol. The molecule has 0 radical (unpaired) electrons. The van der Waals surface area contributed by atoms with E-state index in [0.29, 0.717) is 12.0 Å². The van der Waals surface area contributed by atoms with Crippen LogP contribution in [0.25, 0.3) is 0 Å². The molecule has 0 saturated carbocycles. The van der Waals surface area contributed by atoms with Crippen molar-refractivity contribution < 1.29 is 0 Å². The highest BCUT2D eigenvalue weighted by molar-refractivity contribution is 5.80. The van der Waals surface area contributed by atoms with Gasteiger partial charge in [0.1, 0.15) is 0 Å². The number of guanidine groups is 1. The van der Waals surface area contributed by atoms with Gasteiger partial charge >= 0.3 is 0 Å². The SMILES string of the molecule is CN=C(NCc1c(C)nn(Cc2ccccc2)c1C)N1CCC(C)C(n2ccnc2)C1. The largest absolute Gasteiger partial charge is 0.352 e. The summed E-state index contributed by atoms with van der Waals surface area (Å²) in [6, 6.07) is 10.9. The second-order valence-electron chi connectivity index (χ2n) is 8.48. The molecule has 1 saturated heterocycles. The lowest BCUT2D eigenvalue weighted by molar-refractivity contribution is 0.189. The van der Waals surface area contributed by atoms with Crippen molar-refractivity contribution >= 4 is 5.96 Å². The standard InChI is InChI=1S/C24H33N7/c1-18-10-12-29(16-23(18)30-13-11-26-17-30)24(25-4)27-14-22-19(2)28-31(20(22)3)15-21-8-6-5-7-9-21/h5-9,11,13,17-18,23H,10,12,14-16H2,1-4H3,(H,25,27). The van der Waals surface area contributed by atoms with E-state index >= 15 is 0 Å². The molecular weight excluding hydrogens is 386 g/mol. The molecule has 0 spiro atoms. The van der Waals surface area contributed by atoms with E-state index in [4.69, 9.17) is 5.10 Å². The third kappa shape index (κ3) is 4.65. The fraction of sp³-hybridized carbons (Fsp3) is 0.458. The number of benzene rings is 1. The summed E-state index contributed by atoms with van der Waals surface area (Å²) in [5, 5.41) is 8.38. The summed E-state index contributed by atoms with van der Waals surface area (Å²) in [4.78, 5) is 11.2. The smallest absolute Gasteiger partial charge is 0.193 e. The van der Waals surface area contributed by atoms with Gasteiger partial charge < -0.3 is 14.8 Å². The molecule has 0 bridgehead atoms. The Morgan fingerprint density at radius 3 is 2.74 bits per heavy atom. The first-order chi connectivity index (χ1) is 15.1. The molecule has 7 nitrogen and oxygen atoms in total. The van der Waals surface area contributed by atoms with E-state index in [9.17, 15) is 0 Å². The molecule has 1 fully saturated rings. The maximum atomic E-state index is 4.79. The van der Waals surface area contributed by atoms with Gasteiger partial charge in [0.25, 0.3) is 0 Å². The minimum Gasteiger partial charge on any atom is -0.352 e. The Morgan fingerprint density at radius 1 is 1.23 bits per heavy atom. The summed E-state index contributed by atoms with van der Waals surface area (Å²) in [7, 11) is 1.87. The third-order valence-corrected chi connectivity index (χ3v) is 6.47. The average molecular weight is 420 g/mol. The zero-order valence-electron chi connectivity index (χ0n) is 19.0. The lowest BCUT2D eigenvalue weighted by Crippen LogP contribution is -2.48. The van der Waals surface area contributed by atoms with Gasteiger partial charge in [0, 0.05) is 50.3 Å². The highest BCUT2D eigenvalue weighted by atomic mass is 15.3. The van der Waals surface area contributed by atoms with Crippen molar-refractivity contribution in [3.63, 3.8) is 0 Å². The first-order valence-corrected chi connectivity index (χ1v) is 11.1. The summed E-state index contributed by atoms with van der Waals surface area (Å²) >= 11 is 0. The molecule has 0 aliphatic carbocycles. The number of likely N-dealkylation sites (tertiary alicyclic amines) is 1. The van der Waals surface area contributed by atoms with Crippen molar-refractivity contribution in [2.45, 2.75) is 46.3 Å². The topological polar surface area (TPSA) is 63.3 Å². The van der Waals surface area contributed by atoms with Crippen molar-refractivity contribution in [3.05, 3.63) is 71.6 Å². The van der Waals surface area contributed by atoms with Crippen LogP contribution in [-0.4, -0.2) is 50.3 Å². The van der Waals surface area contributed by atoms with Crippen LogP contribution in [0.1, 0.15) is 41.9 Å². The van der Waals surface area contributed by atoms with E-state index in [1.165, 1.54) is 16.8 Å². The summed E-state index contributed by atoms with van der Waals surface area (Å²) in [5.41, 5.74) is 4.78. The number of aryl methyl sites for hydroxylation is 1.